The quantitative estimate of drug-likeness (QED) is 0.927. The minimum absolute atomic E-state index is 0.0644. The first kappa shape index (κ1) is 15.1. The highest BCUT2D eigenvalue weighted by Crippen LogP contribution is 2.21. The number of allylic oxidation sites excluding steroid dienone is 1. The zero-order valence-corrected chi connectivity index (χ0v) is 12.3. The predicted molar refractivity (Wildman–Crippen MR) is 80.7 cm³/mol. The van der Waals surface area contributed by atoms with Gasteiger partial charge in [0.15, 0.2) is 11.5 Å². The Labute approximate surface area is 127 Å². The summed E-state index contributed by atoms with van der Waals surface area (Å²) in [5.74, 6) is -0.0409. The third-order valence-electron chi connectivity index (χ3n) is 3.02. The van der Waals surface area contributed by atoms with E-state index in [4.69, 9.17) is 21.6 Å². The number of halogens is 1. The molecule has 0 spiro atoms. The van der Waals surface area contributed by atoms with Crippen molar-refractivity contribution < 1.29 is 14.6 Å². The summed E-state index contributed by atoms with van der Waals surface area (Å²) in [7, 11) is 1.59. The maximum Gasteiger partial charge on any atom is 0.357 e. The molecule has 110 valence electrons. The first-order valence-electron chi connectivity index (χ1n) is 6.19. The zero-order chi connectivity index (χ0) is 15.4. The SMILES string of the molecule is C/C=C1/C(C(=O)O)=NN(Cc2ccc(OC)cc2)C1=NCl. The second kappa shape index (κ2) is 6.41. The van der Waals surface area contributed by atoms with Crippen molar-refractivity contribution in [3.63, 3.8) is 0 Å². The monoisotopic (exact) mass is 307 g/mol. The van der Waals surface area contributed by atoms with Gasteiger partial charge in [-0.15, -0.1) is 0 Å². The largest absolute Gasteiger partial charge is 0.497 e. The van der Waals surface area contributed by atoms with Gasteiger partial charge in [-0.25, -0.2) is 9.80 Å². The molecule has 1 aliphatic rings. The van der Waals surface area contributed by atoms with Crippen molar-refractivity contribution in [2.75, 3.05) is 7.11 Å². The van der Waals surface area contributed by atoms with E-state index >= 15 is 0 Å². The predicted octanol–water partition coefficient (Wildman–Crippen LogP) is 2.45. The molecule has 1 aliphatic heterocycles. The normalized spacial score (nSPS) is 18.2. The summed E-state index contributed by atoms with van der Waals surface area (Å²) in [5, 5.41) is 14.7. The molecule has 0 atom stereocenters. The van der Waals surface area contributed by atoms with Crippen LogP contribution < -0.4 is 4.74 Å². The number of methoxy groups -OCH3 is 1. The van der Waals surface area contributed by atoms with E-state index in [1.807, 2.05) is 24.3 Å². The van der Waals surface area contributed by atoms with Crippen LogP contribution in [0.1, 0.15) is 12.5 Å². The van der Waals surface area contributed by atoms with E-state index in [0.29, 0.717) is 18.0 Å². The molecule has 0 fully saturated rings. The maximum absolute atomic E-state index is 11.2. The van der Waals surface area contributed by atoms with E-state index in [0.717, 1.165) is 11.3 Å². The number of hydrogen-bond acceptors (Lipinski definition) is 4. The Morgan fingerprint density at radius 1 is 1.48 bits per heavy atom. The minimum Gasteiger partial charge on any atom is -0.497 e. The van der Waals surface area contributed by atoms with Crippen molar-refractivity contribution in [3.8, 4) is 5.75 Å². The number of carbonyl (C=O) groups is 1. The van der Waals surface area contributed by atoms with Gasteiger partial charge in [-0.1, -0.05) is 18.2 Å². The Kier molecular flexibility index (Phi) is 4.59. The van der Waals surface area contributed by atoms with Gasteiger partial charge in [0.05, 0.1) is 19.2 Å². The van der Waals surface area contributed by atoms with Crippen LogP contribution in [-0.4, -0.2) is 34.7 Å². The first-order valence-corrected chi connectivity index (χ1v) is 6.53. The number of nitrogens with zero attached hydrogens (tertiary/aromatic N) is 3. The molecule has 6 nitrogen and oxygen atoms in total. The van der Waals surface area contributed by atoms with E-state index in [2.05, 4.69) is 9.61 Å². The maximum atomic E-state index is 11.2. The molecule has 0 bridgehead atoms. The molecule has 0 aliphatic carbocycles. The van der Waals surface area contributed by atoms with Crippen molar-refractivity contribution in [2.24, 2.45) is 9.61 Å². The van der Waals surface area contributed by atoms with Crippen LogP contribution in [0.2, 0.25) is 0 Å². The van der Waals surface area contributed by atoms with Gasteiger partial charge in [0.2, 0.25) is 0 Å². The van der Waals surface area contributed by atoms with Gasteiger partial charge in [-0.05, 0) is 24.6 Å². The fourth-order valence-corrected chi connectivity index (χ4v) is 2.17. The number of carboxylic acid groups (broad SMARTS) is 1. The van der Waals surface area contributed by atoms with Gasteiger partial charge in [-0.2, -0.15) is 9.61 Å². The number of hydrazone groups is 1. The Morgan fingerprint density at radius 3 is 2.62 bits per heavy atom. The smallest absolute Gasteiger partial charge is 0.357 e. The lowest BCUT2D eigenvalue weighted by molar-refractivity contribution is -0.129. The summed E-state index contributed by atoms with van der Waals surface area (Å²) in [6.45, 7) is 2.08. The molecule has 0 radical (unpaired) electrons. The van der Waals surface area contributed by atoms with E-state index in [-0.39, 0.29) is 5.71 Å². The molecular formula is C14H14ClN3O3. The Morgan fingerprint density at radius 2 is 2.14 bits per heavy atom. The lowest BCUT2D eigenvalue weighted by atomic mass is 10.1. The molecule has 7 heteroatoms. The molecule has 21 heavy (non-hydrogen) atoms. The summed E-state index contributed by atoms with van der Waals surface area (Å²) in [6.07, 6.45) is 1.63. The van der Waals surface area contributed by atoms with Crippen LogP contribution in [0.3, 0.4) is 0 Å². The van der Waals surface area contributed by atoms with Gasteiger partial charge >= 0.3 is 5.97 Å². The van der Waals surface area contributed by atoms with Crippen LogP contribution >= 0.6 is 11.8 Å². The molecule has 0 unspecified atom stereocenters. The highest BCUT2D eigenvalue weighted by Gasteiger charge is 2.31. The molecule has 1 heterocycles. The topological polar surface area (TPSA) is 74.5 Å². The van der Waals surface area contributed by atoms with E-state index < -0.39 is 5.97 Å². The fourth-order valence-electron chi connectivity index (χ4n) is 1.99. The minimum atomic E-state index is -1.11. The van der Waals surface area contributed by atoms with Crippen LogP contribution in [0, 0.1) is 0 Å². The Balaban J connectivity index is 2.27. The Hall–Kier alpha value is -2.34. The summed E-state index contributed by atoms with van der Waals surface area (Å²) >= 11 is 5.58. The molecule has 1 aromatic carbocycles. The standard InChI is InChI=1S/C14H14ClN3O3/c1-3-11-12(14(19)20)17-18(13(11)16-15)8-9-4-6-10(21-2)7-5-9/h3-7H,8H2,1-2H3,(H,19,20)/b11-3-,16-13?. The molecule has 0 aromatic heterocycles. The van der Waals surface area contributed by atoms with Gasteiger partial charge < -0.3 is 9.84 Å². The average molecular weight is 308 g/mol. The molecule has 2 rings (SSSR count). The summed E-state index contributed by atoms with van der Waals surface area (Å²) in [4.78, 5) is 11.2. The van der Waals surface area contributed by atoms with E-state index in [1.165, 1.54) is 5.01 Å². The number of rotatable bonds is 4. The number of ether oxygens (including phenoxy) is 1. The first-order chi connectivity index (χ1) is 10.1. The van der Waals surface area contributed by atoms with Crippen LogP contribution in [0.25, 0.3) is 0 Å². The van der Waals surface area contributed by atoms with Crippen molar-refractivity contribution >= 4 is 29.3 Å². The van der Waals surface area contributed by atoms with Crippen molar-refractivity contribution in [1.29, 1.82) is 0 Å². The van der Waals surface area contributed by atoms with Crippen molar-refractivity contribution in [2.45, 2.75) is 13.5 Å². The molecule has 0 amide bonds. The average Bonchev–Trinajstić information content (AvgIpc) is 2.85. The van der Waals surface area contributed by atoms with Crippen LogP contribution in [-0.2, 0) is 11.3 Å². The van der Waals surface area contributed by atoms with Crippen molar-refractivity contribution in [3.05, 3.63) is 41.5 Å². The summed E-state index contributed by atoms with van der Waals surface area (Å²) in [5.41, 5.74) is 1.27. The second-order valence-corrected chi connectivity index (χ2v) is 4.44. The van der Waals surface area contributed by atoms with Gasteiger partial charge in [0.1, 0.15) is 5.75 Å². The lowest BCUT2D eigenvalue weighted by Gasteiger charge is -2.14. The van der Waals surface area contributed by atoms with Crippen LogP contribution in [0.5, 0.6) is 5.75 Å². The van der Waals surface area contributed by atoms with E-state index in [9.17, 15) is 4.79 Å². The molecular weight excluding hydrogens is 294 g/mol. The third-order valence-corrected chi connectivity index (χ3v) is 3.18. The highest BCUT2D eigenvalue weighted by molar-refractivity contribution is 6.52. The summed E-state index contributed by atoms with van der Waals surface area (Å²) < 4.78 is 8.72. The summed E-state index contributed by atoms with van der Waals surface area (Å²) in [6, 6.07) is 7.38. The number of carboxylic acids is 1. The van der Waals surface area contributed by atoms with Crippen molar-refractivity contribution in [1.82, 2.24) is 5.01 Å². The number of amidine groups is 1. The molecule has 1 aromatic rings. The molecule has 0 saturated carbocycles. The van der Waals surface area contributed by atoms with Gasteiger partial charge in [0.25, 0.3) is 0 Å². The molecule has 1 N–H and O–H groups in total. The highest BCUT2D eigenvalue weighted by atomic mass is 35.5. The molecule has 0 saturated heterocycles. The third kappa shape index (κ3) is 3.05. The zero-order valence-electron chi connectivity index (χ0n) is 11.6. The lowest BCUT2D eigenvalue weighted by Crippen LogP contribution is -2.22. The van der Waals surface area contributed by atoms with Gasteiger partial charge in [0, 0.05) is 11.8 Å². The number of benzene rings is 1. The fraction of sp³-hybridized carbons (Fsp3) is 0.214. The van der Waals surface area contributed by atoms with E-state index in [1.54, 1.807) is 20.1 Å². The van der Waals surface area contributed by atoms with Crippen LogP contribution in [0.15, 0.2) is 45.5 Å². The van der Waals surface area contributed by atoms with Crippen LogP contribution in [0.4, 0.5) is 0 Å². The Bertz CT molecular complexity index is 635. The van der Waals surface area contributed by atoms with Gasteiger partial charge in [-0.3, -0.25) is 0 Å². The number of hydrogen-bond donors (Lipinski definition) is 1. The second-order valence-electron chi connectivity index (χ2n) is 4.27. The number of aliphatic carboxylic acids is 1.